The van der Waals surface area contributed by atoms with E-state index >= 15 is 0 Å². The summed E-state index contributed by atoms with van der Waals surface area (Å²) in [6.07, 6.45) is 2.50. The monoisotopic (exact) mass is 350 g/mol. The lowest BCUT2D eigenvalue weighted by Crippen LogP contribution is -2.43. The number of nitrogens with one attached hydrogen (secondary N) is 1. The van der Waals surface area contributed by atoms with Gasteiger partial charge in [0, 0.05) is 17.8 Å². The largest absolute Gasteiger partial charge is 0.327 e. The molecule has 1 aliphatic rings. The van der Waals surface area contributed by atoms with Gasteiger partial charge in [0.15, 0.2) is 0 Å². The maximum Gasteiger partial charge on any atom is 0.254 e. The number of rotatable bonds is 4. The van der Waals surface area contributed by atoms with Gasteiger partial charge in [-0.3, -0.25) is 9.59 Å². The standard InChI is InChI=1S/C22H26N2O2/c1-4-17-8-10-18(11-9-17)22(26)24-13-5-6-20(24)21(25)23-19-12-7-15(2)16(3)14-19/h7-12,14,20H,4-6,13H2,1-3H3,(H,23,25)/t20-/m0/s1. The van der Waals surface area contributed by atoms with Crippen molar-refractivity contribution in [2.45, 2.75) is 46.1 Å². The molecule has 136 valence electrons. The van der Waals surface area contributed by atoms with Crippen molar-refractivity contribution in [1.82, 2.24) is 4.90 Å². The normalized spacial score (nSPS) is 16.6. The van der Waals surface area contributed by atoms with Crippen LogP contribution < -0.4 is 5.32 Å². The van der Waals surface area contributed by atoms with Crippen molar-refractivity contribution >= 4 is 17.5 Å². The Morgan fingerprint density at radius 1 is 1.08 bits per heavy atom. The van der Waals surface area contributed by atoms with Gasteiger partial charge in [-0.2, -0.15) is 0 Å². The molecule has 1 atom stereocenters. The summed E-state index contributed by atoms with van der Waals surface area (Å²) in [6.45, 7) is 6.78. The van der Waals surface area contributed by atoms with E-state index in [0.29, 0.717) is 18.5 Å². The van der Waals surface area contributed by atoms with Gasteiger partial charge in [-0.15, -0.1) is 0 Å². The first-order chi connectivity index (χ1) is 12.5. The zero-order valence-electron chi connectivity index (χ0n) is 15.7. The Hall–Kier alpha value is -2.62. The molecule has 2 aromatic carbocycles. The number of hydrogen-bond acceptors (Lipinski definition) is 2. The van der Waals surface area contributed by atoms with Crippen LogP contribution in [-0.4, -0.2) is 29.3 Å². The van der Waals surface area contributed by atoms with Crippen LogP contribution >= 0.6 is 0 Å². The molecule has 1 saturated heterocycles. The minimum atomic E-state index is -0.407. The number of likely N-dealkylation sites (tertiary alicyclic amines) is 1. The second-order valence-corrected chi connectivity index (χ2v) is 7.00. The Labute approximate surface area is 155 Å². The lowest BCUT2D eigenvalue weighted by Gasteiger charge is -2.24. The second-order valence-electron chi connectivity index (χ2n) is 7.00. The third-order valence-corrected chi connectivity index (χ3v) is 5.20. The van der Waals surface area contributed by atoms with Gasteiger partial charge in [-0.25, -0.2) is 0 Å². The Balaban J connectivity index is 1.72. The van der Waals surface area contributed by atoms with Crippen molar-refractivity contribution in [3.8, 4) is 0 Å². The third kappa shape index (κ3) is 3.79. The fraction of sp³-hybridized carbons (Fsp3) is 0.364. The number of carbonyl (C=O) groups excluding carboxylic acids is 2. The second kappa shape index (κ2) is 7.73. The zero-order chi connectivity index (χ0) is 18.7. The summed E-state index contributed by atoms with van der Waals surface area (Å²) in [4.78, 5) is 27.3. The van der Waals surface area contributed by atoms with Gasteiger partial charge >= 0.3 is 0 Å². The smallest absolute Gasteiger partial charge is 0.254 e. The molecule has 0 saturated carbocycles. The molecule has 0 bridgehead atoms. The number of benzene rings is 2. The maximum absolute atomic E-state index is 12.9. The summed E-state index contributed by atoms with van der Waals surface area (Å²) in [5, 5.41) is 2.97. The van der Waals surface area contributed by atoms with E-state index in [9.17, 15) is 9.59 Å². The summed E-state index contributed by atoms with van der Waals surface area (Å²) in [5.41, 5.74) is 4.96. The van der Waals surface area contributed by atoms with Crippen LogP contribution in [0.2, 0.25) is 0 Å². The Morgan fingerprint density at radius 2 is 1.81 bits per heavy atom. The molecule has 3 rings (SSSR count). The fourth-order valence-corrected chi connectivity index (χ4v) is 3.38. The molecule has 0 radical (unpaired) electrons. The van der Waals surface area contributed by atoms with Gasteiger partial charge in [-0.1, -0.05) is 25.1 Å². The van der Waals surface area contributed by atoms with Crippen LogP contribution in [0.1, 0.15) is 46.8 Å². The fourth-order valence-electron chi connectivity index (χ4n) is 3.38. The average Bonchev–Trinajstić information content (AvgIpc) is 3.14. The molecular formula is C22H26N2O2. The number of carbonyl (C=O) groups is 2. The van der Waals surface area contributed by atoms with E-state index < -0.39 is 6.04 Å². The molecule has 0 unspecified atom stereocenters. The first-order valence-electron chi connectivity index (χ1n) is 9.27. The van der Waals surface area contributed by atoms with Crippen LogP contribution in [0.3, 0.4) is 0 Å². The van der Waals surface area contributed by atoms with Crippen LogP contribution in [0.15, 0.2) is 42.5 Å². The lowest BCUT2D eigenvalue weighted by molar-refractivity contribution is -0.119. The van der Waals surface area contributed by atoms with E-state index in [0.717, 1.165) is 24.1 Å². The molecule has 1 N–H and O–H groups in total. The van der Waals surface area contributed by atoms with E-state index in [1.807, 2.05) is 56.3 Å². The minimum Gasteiger partial charge on any atom is -0.327 e. The summed E-state index contributed by atoms with van der Waals surface area (Å²) in [6, 6.07) is 13.1. The Bertz CT molecular complexity index is 811. The number of amides is 2. The van der Waals surface area contributed by atoms with Gasteiger partial charge < -0.3 is 10.2 Å². The third-order valence-electron chi connectivity index (χ3n) is 5.20. The molecule has 2 aromatic rings. The van der Waals surface area contributed by atoms with Crippen LogP contribution in [-0.2, 0) is 11.2 Å². The molecule has 1 aliphatic heterocycles. The van der Waals surface area contributed by atoms with Gasteiger partial charge in [0.05, 0.1) is 0 Å². The van der Waals surface area contributed by atoms with E-state index in [-0.39, 0.29) is 11.8 Å². The maximum atomic E-state index is 12.9. The van der Waals surface area contributed by atoms with Crippen molar-refractivity contribution in [1.29, 1.82) is 0 Å². The van der Waals surface area contributed by atoms with Crippen LogP contribution in [0.5, 0.6) is 0 Å². The highest BCUT2D eigenvalue weighted by Gasteiger charge is 2.34. The van der Waals surface area contributed by atoms with Crippen molar-refractivity contribution < 1.29 is 9.59 Å². The molecule has 4 nitrogen and oxygen atoms in total. The molecule has 2 amide bonds. The summed E-state index contributed by atoms with van der Waals surface area (Å²) in [5.74, 6) is -0.172. The van der Waals surface area contributed by atoms with Crippen LogP contribution in [0.25, 0.3) is 0 Å². The van der Waals surface area contributed by atoms with Crippen LogP contribution in [0.4, 0.5) is 5.69 Å². The van der Waals surface area contributed by atoms with E-state index in [2.05, 4.69) is 12.2 Å². The van der Waals surface area contributed by atoms with Gasteiger partial charge in [-0.05, 0) is 74.1 Å². The topological polar surface area (TPSA) is 49.4 Å². The molecule has 0 spiro atoms. The number of nitrogens with zero attached hydrogens (tertiary/aromatic N) is 1. The van der Waals surface area contributed by atoms with E-state index in [1.165, 1.54) is 11.1 Å². The molecule has 1 fully saturated rings. The average molecular weight is 350 g/mol. The summed E-state index contributed by atoms with van der Waals surface area (Å²) >= 11 is 0. The number of hydrogen-bond donors (Lipinski definition) is 1. The number of anilines is 1. The van der Waals surface area contributed by atoms with Gasteiger partial charge in [0.2, 0.25) is 5.91 Å². The molecule has 26 heavy (non-hydrogen) atoms. The summed E-state index contributed by atoms with van der Waals surface area (Å²) < 4.78 is 0. The molecular weight excluding hydrogens is 324 g/mol. The predicted octanol–water partition coefficient (Wildman–Crippen LogP) is 4.11. The van der Waals surface area contributed by atoms with E-state index in [1.54, 1.807) is 4.90 Å². The Kier molecular flexibility index (Phi) is 5.40. The van der Waals surface area contributed by atoms with Crippen molar-refractivity contribution in [3.63, 3.8) is 0 Å². The lowest BCUT2D eigenvalue weighted by atomic mass is 10.1. The molecule has 0 aromatic heterocycles. The summed E-state index contributed by atoms with van der Waals surface area (Å²) in [7, 11) is 0. The van der Waals surface area contributed by atoms with E-state index in [4.69, 9.17) is 0 Å². The molecule has 1 heterocycles. The predicted molar refractivity (Wildman–Crippen MR) is 104 cm³/mol. The zero-order valence-corrected chi connectivity index (χ0v) is 15.7. The van der Waals surface area contributed by atoms with Gasteiger partial charge in [0.1, 0.15) is 6.04 Å². The highest BCUT2D eigenvalue weighted by molar-refractivity contribution is 6.01. The number of aryl methyl sites for hydroxylation is 3. The highest BCUT2D eigenvalue weighted by atomic mass is 16.2. The molecule has 0 aliphatic carbocycles. The quantitative estimate of drug-likeness (QED) is 0.902. The minimum absolute atomic E-state index is 0.0645. The van der Waals surface area contributed by atoms with Crippen molar-refractivity contribution in [2.75, 3.05) is 11.9 Å². The highest BCUT2D eigenvalue weighted by Crippen LogP contribution is 2.23. The Morgan fingerprint density at radius 3 is 2.46 bits per heavy atom. The first kappa shape index (κ1) is 18.2. The first-order valence-corrected chi connectivity index (χ1v) is 9.27. The van der Waals surface area contributed by atoms with Crippen molar-refractivity contribution in [2.24, 2.45) is 0 Å². The van der Waals surface area contributed by atoms with Crippen LogP contribution in [0, 0.1) is 13.8 Å². The van der Waals surface area contributed by atoms with Crippen molar-refractivity contribution in [3.05, 3.63) is 64.7 Å². The molecule has 4 heteroatoms. The SMILES string of the molecule is CCc1ccc(C(=O)N2CCC[C@H]2C(=O)Nc2ccc(C)c(C)c2)cc1. The van der Waals surface area contributed by atoms with Gasteiger partial charge in [0.25, 0.3) is 5.91 Å².